The number of nitrogens with zero attached hydrogens (tertiary/aromatic N) is 2. The van der Waals surface area contributed by atoms with Gasteiger partial charge in [0.15, 0.2) is 5.96 Å². The second-order valence-electron chi connectivity index (χ2n) is 5.58. The summed E-state index contributed by atoms with van der Waals surface area (Å²) in [4.78, 5) is 7.03. The van der Waals surface area contributed by atoms with Gasteiger partial charge < -0.3 is 24.4 Å². The topological polar surface area (TPSA) is 55.3 Å². The lowest BCUT2D eigenvalue weighted by molar-refractivity contribution is -0.0448. The zero-order chi connectivity index (χ0) is 14.9. The highest BCUT2D eigenvalue weighted by molar-refractivity contribution is 14.0. The molecule has 2 aliphatic heterocycles. The molecule has 0 amide bonds. The van der Waals surface area contributed by atoms with Crippen LogP contribution in [-0.2, 0) is 14.2 Å². The largest absolute Gasteiger partial charge is 0.382 e. The van der Waals surface area contributed by atoms with Gasteiger partial charge in [0.25, 0.3) is 0 Å². The molecule has 0 spiro atoms. The van der Waals surface area contributed by atoms with Gasteiger partial charge >= 0.3 is 0 Å². The Balaban J connectivity index is 0.00000242. The summed E-state index contributed by atoms with van der Waals surface area (Å²) < 4.78 is 16.6. The van der Waals surface area contributed by atoms with Crippen LogP contribution in [0.25, 0.3) is 0 Å². The second kappa shape index (κ2) is 11.4. The van der Waals surface area contributed by atoms with Gasteiger partial charge in [-0.05, 0) is 26.2 Å². The number of rotatable bonds is 5. The first kappa shape index (κ1) is 19.9. The smallest absolute Gasteiger partial charge is 0.194 e. The van der Waals surface area contributed by atoms with Gasteiger partial charge in [0.05, 0.1) is 32.0 Å². The molecule has 0 bridgehead atoms. The van der Waals surface area contributed by atoms with Gasteiger partial charge in [0.2, 0.25) is 0 Å². The van der Waals surface area contributed by atoms with Crippen LogP contribution in [0, 0.1) is 0 Å². The number of aliphatic imine (C=N–C) groups is 1. The van der Waals surface area contributed by atoms with Gasteiger partial charge in [0.1, 0.15) is 0 Å². The molecule has 130 valence electrons. The van der Waals surface area contributed by atoms with Gasteiger partial charge in [-0.3, -0.25) is 4.99 Å². The fraction of sp³-hybridized carbons (Fsp3) is 0.933. The third kappa shape index (κ3) is 6.55. The number of ether oxygens (including phenoxy) is 3. The highest BCUT2D eigenvalue weighted by atomic mass is 127. The predicted octanol–water partition coefficient (Wildman–Crippen LogP) is 1.49. The molecule has 2 rings (SSSR count). The summed E-state index contributed by atoms with van der Waals surface area (Å²) in [7, 11) is 1.71. The minimum absolute atomic E-state index is 0. The third-order valence-corrected chi connectivity index (χ3v) is 3.84. The maximum absolute atomic E-state index is 5.76. The number of morpholine rings is 1. The van der Waals surface area contributed by atoms with Gasteiger partial charge in [-0.2, -0.15) is 0 Å². The van der Waals surface area contributed by atoms with E-state index in [2.05, 4.69) is 17.1 Å². The van der Waals surface area contributed by atoms with Gasteiger partial charge in [-0.1, -0.05) is 0 Å². The Labute approximate surface area is 151 Å². The molecule has 0 saturated carbocycles. The predicted molar refractivity (Wildman–Crippen MR) is 98.2 cm³/mol. The monoisotopic (exact) mass is 427 g/mol. The van der Waals surface area contributed by atoms with Crippen molar-refractivity contribution in [3.63, 3.8) is 0 Å². The van der Waals surface area contributed by atoms with Crippen molar-refractivity contribution < 1.29 is 14.2 Å². The molecule has 1 N–H and O–H groups in total. The molecule has 0 aromatic heterocycles. The maximum atomic E-state index is 5.76. The summed E-state index contributed by atoms with van der Waals surface area (Å²) >= 11 is 0. The van der Waals surface area contributed by atoms with Crippen molar-refractivity contribution >= 4 is 29.9 Å². The molecule has 2 heterocycles. The Bertz CT molecular complexity index is 323. The maximum Gasteiger partial charge on any atom is 0.194 e. The van der Waals surface area contributed by atoms with Crippen LogP contribution in [0.2, 0.25) is 0 Å². The molecule has 2 aliphatic rings. The first-order chi connectivity index (χ1) is 10.3. The van der Waals surface area contributed by atoms with Crippen molar-refractivity contribution in [3.05, 3.63) is 0 Å². The van der Waals surface area contributed by atoms with E-state index in [1.54, 1.807) is 7.11 Å². The van der Waals surface area contributed by atoms with E-state index < -0.39 is 0 Å². The number of hydrogen-bond donors (Lipinski definition) is 1. The molecule has 0 aromatic carbocycles. The quantitative estimate of drug-likeness (QED) is 0.410. The van der Waals surface area contributed by atoms with Crippen LogP contribution in [0.5, 0.6) is 0 Å². The van der Waals surface area contributed by atoms with Gasteiger partial charge in [0, 0.05) is 33.4 Å². The molecule has 0 aliphatic carbocycles. The molecule has 2 fully saturated rings. The number of nitrogens with one attached hydrogen (secondary N) is 1. The van der Waals surface area contributed by atoms with E-state index in [0.717, 1.165) is 51.8 Å². The van der Waals surface area contributed by atoms with Crippen LogP contribution in [0.1, 0.15) is 26.2 Å². The Morgan fingerprint density at radius 3 is 2.77 bits per heavy atom. The van der Waals surface area contributed by atoms with E-state index in [1.165, 1.54) is 12.8 Å². The SMILES string of the molecule is CCNC(=NCC1CCCCO1)N1CCOC(COC)C1.I. The molecule has 22 heavy (non-hydrogen) atoms. The lowest BCUT2D eigenvalue weighted by atomic mass is 10.1. The molecular formula is C15H30IN3O3. The van der Waals surface area contributed by atoms with E-state index in [1.807, 2.05) is 0 Å². The van der Waals surface area contributed by atoms with E-state index in [-0.39, 0.29) is 36.2 Å². The van der Waals surface area contributed by atoms with Crippen LogP contribution in [-0.4, -0.2) is 76.2 Å². The Kier molecular flexibility index (Phi) is 10.3. The van der Waals surface area contributed by atoms with Crippen molar-refractivity contribution in [1.82, 2.24) is 10.2 Å². The fourth-order valence-electron chi connectivity index (χ4n) is 2.76. The molecule has 7 heteroatoms. The minimum Gasteiger partial charge on any atom is -0.382 e. The average molecular weight is 427 g/mol. The van der Waals surface area contributed by atoms with Crippen LogP contribution < -0.4 is 5.32 Å². The summed E-state index contributed by atoms with van der Waals surface area (Å²) in [6, 6.07) is 0. The van der Waals surface area contributed by atoms with Crippen molar-refractivity contribution in [1.29, 1.82) is 0 Å². The first-order valence-corrected chi connectivity index (χ1v) is 8.09. The summed E-state index contributed by atoms with van der Waals surface area (Å²) in [5.74, 6) is 0.969. The average Bonchev–Trinajstić information content (AvgIpc) is 2.53. The summed E-state index contributed by atoms with van der Waals surface area (Å²) in [6.07, 6.45) is 3.96. The minimum atomic E-state index is 0. The lowest BCUT2D eigenvalue weighted by Gasteiger charge is -2.35. The number of halogens is 1. The molecule has 2 unspecified atom stereocenters. The highest BCUT2D eigenvalue weighted by Crippen LogP contribution is 2.13. The Morgan fingerprint density at radius 1 is 1.27 bits per heavy atom. The molecule has 0 radical (unpaired) electrons. The number of methoxy groups -OCH3 is 1. The summed E-state index contributed by atoms with van der Waals surface area (Å²) in [6.45, 7) is 7.64. The normalized spacial score (nSPS) is 26.5. The highest BCUT2D eigenvalue weighted by Gasteiger charge is 2.23. The molecular weight excluding hydrogens is 397 g/mol. The van der Waals surface area contributed by atoms with E-state index >= 15 is 0 Å². The summed E-state index contributed by atoms with van der Waals surface area (Å²) in [5, 5.41) is 3.38. The lowest BCUT2D eigenvalue weighted by Crippen LogP contribution is -2.51. The van der Waals surface area contributed by atoms with Crippen molar-refractivity contribution in [2.24, 2.45) is 4.99 Å². The van der Waals surface area contributed by atoms with Crippen molar-refractivity contribution in [2.75, 3.05) is 53.1 Å². The zero-order valence-corrected chi connectivity index (χ0v) is 16.1. The second-order valence-corrected chi connectivity index (χ2v) is 5.58. The molecule has 6 nitrogen and oxygen atoms in total. The third-order valence-electron chi connectivity index (χ3n) is 3.84. The number of guanidine groups is 1. The van der Waals surface area contributed by atoms with E-state index in [4.69, 9.17) is 19.2 Å². The summed E-state index contributed by atoms with van der Waals surface area (Å²) in [5.41, 5.74) is 0. The van der Waals surface area contributed by atoms with Crippen molar-refractivity contribution in [3.8, 4) is 0 Å². The van der Waals surface area contributed by atoms with E-state index in [0.29, 0.717) is 6.61 Å². The first-order valence-electron chi connectivity index (χ1n) is 8.09. The van der Waals surface area contributed by atoms with Crippen LogP contribution in [0.3, 0.4) is 0 Å². The van der Waals surface area contributed by atoms with Crippen LogP contribution in [0.15, 0.2) is 4.99 Å². The Morgan fingerprint density at radius 2 is 2.09 bits per heavy atom. The van der Waals surface area contributed by atoms with E-state index in [9.17, 15) is 0 Å². The Hall–Kier alpha value is -0.120. The van der Waals surface area contributed by atoms with Crippen LogP contribution >= 0.6 is 24.0 Å². The number of hydrogen-bond acceptors (Lipinski definition) is 4. The zero-order valence-electron chi connectivity index (χ0n) is 13.8. The van der Waals surface area contributed by atoms with Gasteiger partial charge in [-0.25, -0.2) is 0 Å². The molecule has 2 saturated heterocycles. The standard InChI is InChI=1S/C15H29N3O3.HI/c1-3-16-15(17-10-13-6-4-5-8-20-13)18-7-9-21-14(11-18)12-19-2;/h13-14H,3-12H2,1-2H3,(H,16,17);1H. The van der Waals surface area contributed by atoms with Gasteiger partial charge in [-0.15, -0.1) is 24.0 Å². The molecule has 2 atom stereocenters. The molecule has 0 aromatic rings. The van der Waals surface area contributed by atoms with Crippen LogP contribution in [0.4, 0.5) is 0 Å². The fourth-order valence-corrected chi connectivity index (χ4v) is 2.76. The van der Waals surface area contributed by atoms with Crippen molar-refractivity contribution in [2.45, 2.75) is 38.4 Å².